The molecule has 0 aromatic rings. The molecule has 2 aliphatic heterocycles. The lowest BCUT2D eigenvalue weighted by Gasteiger charge is -2.43. The second-order valence-corrected chi connectivity index (χ2v) is 6.90. The van der Waals surface area contributed by atoms with Crippen molar-refractivity contribution in [2.75, 3.05) is 45.9 Å². The first-order valence-corrected chi connectivity index (χ1v) is 8.79. The molecule has 0 bridgehead atoms. The minimum absolute atomic E-state index is 0.464. The normalized spacial score (nSPS) is 24.9. The molecule has 0 aliphatic carbocycles. The second-order valence-electron chi connectivity index (χ2n) is 6.90. The minimum Gasteiger partial charge on any atom is -0.381 e. The lowest BCUT2D eigenvalue weighted by molar-refractivity contribution is -0.00960. The molecule has 118 valence electrons. The van der Waals surface area contributed by atoms with E-state index in [0.29, 0.717) is 5.41 Å². The Hall–Kier alpha value is -0.120. The number of hydrogen-bond acceptors (Lipinski definition) is 3. The SMILES string of the molecule is CCCC1CCN(CC2(CNCC)CCOCC2)CC1. The fourth-order valence-corrected chi connectivity index (χ4v) is 3.90. The number of nitrogens with one attached hydrogen (secondary N) is 1. The Bertz CT molecular complexity index is 256. The van der Waals surface area contributed by atoms with E-state index < -0.39 is 0 Å². The predicted molar refractivity (Wildman–Crippen MR) is 85.1 cm³/mol. The molecule has 2 rings (SSSR count). The molecule has 0 spiro atoms. The van der Waals surface area contributed by atoms with Crippen LogP contribution in [-0.2, 0) is 4.74 Å². The third kappa shape index (κ3) is 4.71. The van der Waals surface area contributed by atoms with Crippen molar-refractivity contribution >= 4 is 0 Å². The van der Waals surface area contributed by atoms with Gasteiger partial charge in [0.1, 0.15) is 0 Å². The smallest absolute Gasteiger partial charge is 0.0472 e. The molecule has 0 amide bonds. The summed E-state index contributed by atoms with van der Waals surface area (Å²) in [6, 6.07) is 0. The second kappa shape index (κ2) is 8.35. The van der Waals surface area contributed by atoms with Crippen LogP contribution in [0.2, 0.25) is 0 Å². The van der Waals surface area contributed by atoms with Crippen molar-refractivity contribution < 1.29 is 4.74 Å². The number of ether oxygens (including phenoxy) is 1. The Labute approximate surface area is 125 Å². The summed E-state index contributed by atoms with van der Waals surface area (Å²) < 4.78 is 5.60. The highest BCUT2D eigenvalue weighted by Crippen LogP contribution is 2.33. The Morgan fingerprint density at radius 2 is 1.85 bits per heavy atom. The van der Waals surface area contributed by atoms with Crippen LogP contribution in [0.15, 0.2) is 0 Å². The Morgan fingerprint density at radius 3 is 2.45 bits per heavy atom. The summed E-state index contributed by atoms with van der Waals surface area (Å²) in [5.74, 6) is 0.996. The van der Waals surface area contributed by atoms with Crippen molar-refractivity contribution in [2.45, 2.75) is 52.4 Å². The number of likely N-dealkylation sites (tertiary alicyclic amines) is 1. The van der Waals surface area contributed by atoms with Crippen LogP contribution in [0.4, 0.5) is 0 Å². The average Bonchev–Trinajstić information content (AvgIpc) is 2.49. The zero-order valence-electron chi connectivity index (χ0n) is 13.6. The maximum atomic E-state index is 5.60. The third-order valence-corrected chi connectivity index (χ3v) is 5.27. The Kier molecular flexibility index (Phi) is 6.79. The third-order valence-electron chi connectivity index (χ3n) is 5.27. The van der Waals surface area contributed by atoms with E-state index in [-0.39, 0.29) is 0 Å². The summed E-state index contributed by atoms with van der Waals surface area (Å²) in [5, 5.41) is 3.60. The maximum absolute atomic E-state index is 5.60. The number of hydrogen-bond donors (Lipinski definition) is 1. The van der Waals surface area contributed by atoms with Crippen molar-refractivity contribution in [3.8, 4) is 0 Å². The van der Waals surface area contributed by atoms with E-state index in [0.717, 1.165) is 25.7 Å². The van der Waals surface area contributed by atoms with Crippen LogP contribution in [0.3, 0.4) is 0 Å². The molecule has 20 heavy (non-hydrogen) atoms. The van der Waals surface area contributed by atoms with Gasteiger partial charge in [-0.2, -0.15) is 0 Å². The van der Waals surface area contributed by atoms with Crippen LogP contribution in [-0.4, -0.2) is 50.8 Å². The average molecular weight is 282 g/mol. The highest BCUT2D eigenvalue weighted by Gasteiger charge is 2.34. The van der Waals surface area contributed by atoms with Crippen LogP contribution in [0.5, 0.6) is 0 Å². The molecule has 2 fully saturated rings. The summed E-state index contributed by atoms with van der Waals surface area (Å²) in [5.41, 5.74) is 0.464. The van der Waals surface area contributed by atoms with Gasteiger partial charge in [0.2, 0.25) is 0 Å². The van der Waals surface area contributed by atoms with Crippen LogP contribution in [0.25, 0.3) is 0 Å². The number of piperidine rings is 1. The summed E-state index contributed by atoms with van der Waals surface area (Å²) in [6.45, 7) is 12.6. The van der Waals surface area contributed by atoms with E-state index >= 15 is 0 Å². The molecule has 0 saturated carbocycles. The van der Waals surface area contributed by atoms with Crippen LogP contribution >= 0.6 is 0 Å². The van der Waals surface area contributed by atoms with Crippen LogP contribution in [0, 0.1) is 11.3 Å². The molecule has 3 heteroatoms. The fourth-order valence-electron chi connectivity index (χ4n) is 3.90. The summed E-state index contributed by atoms with van der Waals surface area (Å²) in [7, 11) is 0. The molecule has 3 nitrogen and oxygen atoms in total. The summed E-state index contributed by atoms with van der Waals surface area (Å²) >= 11 is 0. The van der Waals surface area contributed by atoms with Gasteiger partial charge in [0, 0.05) is 26.3 Å². The zero-order chi connectivity index (χ0) is 14.3. The largest absolute Gasteiger partial charge is 0.381 e. The van der Waals surface area contributed by atoms with Crippen LogP contribution < -0.4 is 5.32 Å². The molecular formula is C17H34N2O. The standard InChI is InChI=1S/C17H34N2O/c1-3-5-16-6-10-19(11-7-16)15-17(14-18-4-2)8-12-20-13-9-17/h16,18H,3-15H2,1-2H3. The molecule has 2 saturated heterocycles. The highest BCUT2D eigenvalue weighted by molar-refractivity contribution is 4.88. The van der Waals surface area contributed by atoms with Gasteiger partial charge in [-0.15, -0.1) is 0 Å². The molecular weight excluding hydrogens is 248 g/mol. The Balaban J connectivity index is 1.82. The van der Waals surface area contributed by atoms with Gasteiger partial charge in [-0.05, 0) is 56.7 Å². The predicted octanol–water partition coefficient (Wildman–Crippen LogP) is 2.90. The molecule has 2 aliphatic rings. The molecule has 0 unspecified atom stereocenters. The quantitative estimate of drug-likeness (QED) is 0.777. The van der Waals surface area contributed by atoms with Gasteiger partial charge in [0.15, 0.2) is 0 Å². The lowest BCUT2D eigenvalue weighted by Crippen LogP contribution is -2.49. The van der Waals surface area contributed by atoms with Gasteiger partial charge in [0.05, 0.1) is 0 Å². The van der Waals surface area contributed by atoms with Gasteiger partial charge >= 0.3 is 0 Å². The highest BCUT2D eigenvalue weighted by atomic mass is 16.5. The zero-order valence-corrected chi connectivity index (χ0v) is 13.6. The van der Waals surface area contributed by atoms with Gasteiger partial charge < -0.3 is 15.0 Å². The van der Waals surface area contributed by atoms with Crippen LogP contribution in [0.1, 0.15) is 52.4 Å². The van der Waals surface area contributed by atoms with Gasteiger partial charge in [0.25, 0.3) is 0 Å². The van der Waals surface area contributed by atoms with Crippen molar-refractivity contribution in [1.82, 2.24) is 10.2 Å². The first-order valence-electron chi connectivity index (χ1n) is 8.79. The molecule has 0 atom stereocenters. The van der Waals surface area contributed by atoms with Gasteiger partial charge in [-0.1, -0.05) is 26.7 Å². The topological polar surface area (TPSA) is 24.5 Å². The number of nitrogens with zero attached hydrogens (tertiary/aromatic N) is 1. The van der Waals surface area contributed by atoms with Crippen molar-refractivity contribution in [3.63, 3.8) is 0 Å². The monoisotopic (exact) mass is 282 g/mol. The molecule has 1 N–H and O–H groups in total. The number of rotatable bonds is 7. The van der Waals surface area contributed by atoms with E-state index in [4.69, 9.17) is 4.74 Å². The van der Waals surface area contributed by atoms with Crippen molar-refractivity contribution in [1.29, 1.82) is 0 Å². The molecule has 0 aromatic carbocycles. The fraction of sp³-hybridized carbons (Fsp3) is 1.00. The van der Waals surface area contributed by atoms with Gasteiger partial charge in [-0.3, -0.25) is 0 Å². The van der Waals surface area contributed by atoms with Crippen molar-refractivity contribution in [3.05, 3.63) is 0 Å². The van der Waals surface area contributed by atoms with E-state index in [1.807, 2.05) is 0 Å². The van der Waals surface area contributed by atoms with E-state index in [1.165, 1.54) is 64.7 Å². The molecule has 0 aromatic heterocycles. The Morgan fingerprint density at radius 1 is 1.15 bits per heavy atom. The van der Waals surface area contributed by atoms with E-state index in [1.54, 1.807) is 0 Å². The first kappa shape index (κ1) is 16.3. The van der Waals surface area contributed by atoms with E-state index in [9.17, 15) is 0 Å². The minimum atomic E-state index is 0.464. The van der Waals surface area contributed by atoms with E-state index in [2.05, 4.69) is 24.1 Å². The molecule has 0 radical (unpaired) electrons. The maximum Gasteiger partial charge on any atom is 0.0472 e. The van der Waals surface area contributed by atoms with Gasteiger partial charge in [-0.25, -0.2) is 0 Å². The summed E-state index contributed by atoms with van der Waals surface area (Å²) in [4.78, 5) is 2.73. The molecule has 2 heterocycles. The lowest BCUT2D eigenvalue weighted by atomic mass is 9.78. The first-order chi connectivity index (χ1) is 9.78. The summed E-state index contributed by atoms with van der Waals surface area (Å²) in [6.07, 6.45) is 8.09. The van der Waals surface area contributed by atoms with Crippen molar-refractivity contribution in [2.24, 2.45) is 11.3 Å².